The number of carbonyl (C=O) groups is 1. The first kappa shape index (κ1) is 34.8. The van der Waals surface area contributed by atoms with E-state index in [-0.39, 0.29) is 22.1 Å². The lowest BCUT2D eigenvalue weighted by molar-refractivity contribution is 0.112. The van der Waals surface area contributed by atoms with Crippen molar-refractivity contribution in [3.8, 4) is 22.9 Å². The molecule has 9 nitrogen and oxygen atoms in total. The van der Waals surface area contributed by atoms with Gasteiger partial charge in [-0.05, 0) is 59.9 Å². The third-order valence-electron chi connectivity index (χ3n) is 8.00. The van der Waals surface area contributed by atoms with Crippen LogP contribution in [0.15, 0.2) is 42.6 Å². The van der Waals surface area contributed by atoms with Gasteiger partial charge in [-0.2, -0.15) is 4.21 Å². The van der Waals surface area contributed by atoms with Crippen LogP contribution in [0, 0.1) is 18.9 Å². The third-order valence-corrected chi connectivity index (χ3v) is 8.72. The second-order valence-corrected chi connectivity index (χ2v) is 14.6. The molecule has 0 aliphatic carbocycles. The Morgan fingerprint density at radius 3 is 2.48 bits per heavy atom. The molecule has 0 spiro atoms. The molecule has 0 fully saturated rings. The molecule has 1 atom stereocenters. The standard InChI is InChI=1S/C36H47N5O4S/c1-9-10-11-12-13-14-19-44-32-21-27(36(6,7)24-35(3,4)5)17-18-31(32)45-46(43)40-29-20-26(16-15-25(29)2)33-38-34-28(23-42)30(37-8)22-41(34)39-33/h15-18,20-23,40H,9-14,19,24H2,1-7H3,(H,38,39). The number of nitrogens with zero attached hydrogens (tertiary/aromatic N) is 3. The average Bonchev–Trinajstić information content (AvgIpc) is 3.55. The number of fused-ring (bicyclic) bond motifs is 1. The summed E-state index contributed by atoms with van der Waals surface area (Å²) in [4.78, 5) is 19.5. The van der Waals surface area contributed by atoms with Crippen molar-refractivity contribution < 1.29 is 17.9 Å². The largest absolute Gasteiger partial charge is 0.490 e. The zero-order chi connectivity index (χ0) is 33.5. The number of rotatable bonds is 16. The first-order chi connectivity index (χ1) is 21.8. The second kappa shape index (κ2) is 15.0. The molecular formula is C36H47N5O4S. The van der Waals surface area contributed by atoms with Crippen LogP contribution in [0.4, 0.5) is 11.4 Å². The second-order valence-electron chi connectivity index (χ2n) is 13.8. The number of benzene rings is 2. The van der Waals surface area contributed by atoms with E-state index >= 15 is 0 Å². The Morgan fingerprint density at radius 1 is 1.04 bits per heavy atom. The first-order valence-electron chi connectivity index (χ1n) is 16.0. The summed E-state index contributed by atoms with van der Waals surface area (Å²) in [7, 11) is 0. The lowest BCUT2D eigenvalue weighted by atomic mass is 9.72. The number of nitrogens with one attached hydrogen (secondary N) is 2. The number of hydrogen-bond acceptors (Lipinski definition) is 5. The molecule has 2 heterocycles. The maximum atomic E-state index is 13.4. The van der Waals surface area contributed by atoms with Gasteiger partial charge < -0.3 is 8.92 Å². The van der Waals surface area contributed by atoms with Crippen LogP contribution in [-0.2, 0) is 16.7 Å². The Kier molecular flexibility index (Phi) is 11.3. The number of aryl methyl sites for hydroxylation is 1. The first-order valence-corrected chi connectivity index (χ1v) is 17.1. The zero-order valence-corrected chi connectivity index (χ0v) is 29.0. The minimum absolute atomic E-state index is 0.0914. The fraction of sp³-hybridized carbons (Fsp3) is 0.472. The monoisotopic (exact) mass is 645 g/mol. The van der Waals surface area contributed by atoms with Crippen LogP contribution in [0.25, 0.3) is 21.9 Å². The zero-order valence-electron chi connectivity index (χ0n) is 28.2. The molecule has 4 rings (SSSR count). The van der Waals surface area contributed by atoms with Gasteiger partial charge in [-0.15, -0.1) is 0 Å². The van der Waals surface area contributed by atoms with E-state index in [0.717, 1.165) is 30.4 Å². The van der Waals surface area contributed by atoms with E-state index in [9.17, 15) is 9.00 Å². The maximum absolute atomic E-state index is 13.4. The maximum Gasteiger partial charge on any atom is 0.316 e. The van der Waals surface area contributed by atoms with Crippen LogP contribution in [0.2, 0.25) is 0 Å². The molecule has 0 saturated heterocycles. The summed E-state index contributed by atoms with van der Waals surface area (Å²) in [5, 5.41) is 3.11. The Labute approximate surface area is 275 Å². The quantitative estimate of drug-likeness (QED) is 0.0718. The van der Waals surface area contributed by atoms with Crippen molar-refractivity contribution in [2.24, 2.45) is 5.41 Å². The number of aldehydes is 1. The van der Waals surface area contributed by atoms with Crippen molar-refractivity contribution in [1.29, 1.82) is 0 Å². The van der Waals surface area contributed by atoms with Gasteiger partial charge in [-0.1, -0.05) is 91.8 Å². The molecule has 2 aromatic heterocycles. The van der Waals surface area contributed by atoms with Gasteiger partial charge >= 0.3 is 11.3 Å². The van der Waals surface area contributed by atoms with Gasteiger partial charge in [0.2, 0.25) is 5.69 Å². The van der Waals surface area contributed by atoms with E-state index in [1.165, 1.54) is 25.7 Å². The summed E-state index contributed by atoms with van der Waals surface area (Å²) in [6, 6.07) is 11.5. The predicted molar refractivity (Wildman–Crippen MR) is 186 cm³/mol. The summed E-state index contributed by atoms with van der Waals surface area (Å²) in [6.07, 6.45) is 10.1. The Balaban J connectivity index is 1.53. The molecule has 2 N–H and O–H groups in total. The number of unbranched alkanes of at least 4 members (excludes halogenated alkanes) is 5. The van der Waals surface area contributed by atoms with Crippen molar-refractivity contribution in [2.45, 2.75) is 98.8 Å². The lowest BCUT2D eigenvalue weighted by Crippen LogP contribution is -2.25. The summed E-state index contributed by atoms with van der Waals surface area (Å²) in [6.45, 7) is 23.2. The average molecular weight is 646 g/mol. The topological polar surface area (TPSA) is 102 Å². The molecule has 10 heteroatoms. The van der Waals surface area contributed by atoms with Crippen molar-refractivity contribution in [3.05, 3.63) is 70.7 Å². The normalized spacial score (nSPS) is 12.6. The van der Waals surface area contributed by atoms with Gasteiger partial charge in [0.25, 0.3) is 0 Å². The fourth-order valence-electron chi connectivity index (χ4n) is 5.95. The van der Waals surface area contributed by atoms with Crippen LogP contribution in [0.5, 0.6) is 11.5 Å². The summed E-state index contributed by atoms with van der Waals surface area (Å²) < 4.78 is 30.1. The molecule has 0 saturated carbocycles. The molecular weight excluding hydrogens is 598 g/mol. The van der Waals surface area contributed by atoms with E-state index in [4.69, 9.17) is 15.5 Å². The highest BCUT2D eigenvalue weighted by molar-refractivity contribution is 7.82. The molecule has 0 radical (unpaired) electrons. The highest BCUT2D eigenvalue weighted by Gasteiger charge is 2.28. The van der Waals surface area contributed by atoms with Crippen LogP contribution < -0.4 is 13.6 Å². The molecule has 1 unspecified atom stereocenters. The van der Waals surface area contributed by atoms with Crippen molar-refractivity contribution in [2.75, 3.05) is 11.3 Å². The summed E-state index contributed by atoms with van der Waals surface area (Å²) >= 11 is -1.93. The molecule has 2 aromatic carbocycles. The number of aromatic amines is 1. The van der Waals surface area contributed by atoms with Crippen molar-refractivity contribution >= 4 is 34.6 Å². The molecule has 0 aliphatic heterocycles. The Bertz CT molecular complexity index is 1720. The number of carbonyl (C=O) groups excluding carboxylic acids is 1. The number of H-pyrrole nitrogens is 1. The molecule has 0 amide bonds. The number of aromatic nitrogens is 3. The van der Waals surface area contributed by atoms with Gasteiger partial charge in [0.1, 0.15) is 6.29 Å². The van der Waals surface area contributed by atoms with Gasteiger partial charge in [-0.3, -0.25) is 19.1 Å². The number of hydrogen-bond donors (Lipinski definition) is 2. The summed E-state index contributed by atoms with van der Waals surface area (Å²) in [5.41, 5.74) is 4.23. The fourth-order valence-corrected chi connectivity index (χ4v) is 6.69. The smallest absolute Gasteiger partial charge is 0.316 e. The van der Waals surface area contributed by atoms with Gasteiger partial charge in [0, 0.05) is 11.8 Å². The highest BCUT2D eigenvalue weighted by Crippen LogP contribution is 2.40. The number of ether oxygens (including phenoxy) is 1. The third kappa shape index (κ3) is 8.79. The lowest BCUT2D eigenvalue weighted by Gasteiger charge is -2.33. The molecule has 46 heavy (non-hydrogen) atoms. The Morgan fingerprint density at radius 2 is 1.78 bits per heavy atom. The van der Waals surface area contributed by atoms with Crippen LogP contribution >= 0.6 is 0 Å². The highest BCUT2D eigenvalue weighted by atomic mass is 32.2. The van der Waals surface area contributed by atoms with Gasteiger partial charge in [-0.25, -0.2) is 9.83 Å². The Hall–Kier alpha value is -4.10. The minimum atomic E-state index is -1.93. The van der Waals surface area contributed by atoms with E-state index in [2.05, 4.69) is 61.2 Å². The molecule has 0 bridgehead atoms. The van der Waals surface area contributed by atoms with E-state index < -0.39 is 11.3 Å². The van der Waals surface area contributed by atoms with Gasteiger partial charge in [0.15, 0.2) is 23.0 Å². The van der Waals surface area contributed by atoms with E-state index in [1.54, 1.807) is 10.7 Å². The van der Waals surface area contributed by atoms with E-state index in [1.807, 2.05) is 43.3 Å². The van der Waals surface area contributed by atoms with Crippen LogP contribution in [0.1, 0.15) is 108 Å². The molecule has 4 aromatic rings. The SMILES string of the molecule is [C-]#[N+]c1cn2[nH]c(-c3ccc(C)c(NS(=O)Oc4ccc(C(C)(C)CC(C)(C)C)cc4OCCCCCCCC)c3)nc2c1C=O. The molecule has 0 aliphatic rings. The van der Waals surface area contributed by atoms with Gasteiger partial charge in [0.05, 0.1) is 24.4 Å². The minimum Gasteiger partial charge on any atom is -0.490 e. The van der Waals surface area contributed by atoms with Crippen molar-refractivity contribution in [3.63, 3.8) is 0 Å². The predicted octanol–water partition coefficient (Wildman–Crippen LogP) is 9.52. The van der Waals surface area contributed by atoms with Crippen molar-refractivity contribution in [1.82, 2.24) is 14.6 Å². The summed E-state index contributed by atoms with van der Waals surface area (Å²) in [5.74, 6) is 1.51. The van der Waals surface area contributed by atoms with E-state index in [0.29, 0.717) is 47.1 Å². The van der Waals surface area contributed by atoms with Crippen LogP contribution in [-0.4, -0.2) is 31.7 Å². The number of anilines is 1. The molecule has 246 valence electrons. The van der Waals surface area contributed by atoms with Crippen LogP contribution in [0.3, 0.4) is 0 Å².